The van der Waals surface area contributed by atoms with Gasteiger partial charge in [-0.05, 0) is 70.0 Å². The molecular weight excluding hydrogens is 553 g/mol. The number of aryl methyl sites for hydroxylation is 1. The van der Waals surface area contributed by atoms with Crippen LogP contribution in [0.15, 0.2) is 71.6 Å². The first kappa shape index (κ1) is 31.1. The summed E-state index contributed by atoms with van der Waals surface area (Å²) >= 11 is 6.34. The highest BCUT2D eigenvalue weighted by atomic mass is 35.5. The standard InChI is InChI=1S/C30H35ClFN3O4S/c1-6-21(3)33-30(37)23(5)34(18-24-10-7-8-12-27(24)32)29(36)19-35(28-13-9-11-26(31)22(28)4)40(38,39)25-16-14-20(2)15-17-25/h7-17,21,23H,6,18-19H2,1-5H3,(H,33,37)/t21-,23-/m0/s1. The van der Waals surface area contributed by atoms with Gasteiger partial charge in [0.25, 0.3) is 10.0 Å². The number of benzene rings is 3. The minimum atomic E-state index is -4.24. The molecule has 7 nitrogen and oxygen atoms in total. The van der Waals surface area contributed by atoms with E-state index in [2.05, 4.69) is 5.32 Å². The molecule has 0 heterocycles. The fraction of sp³-hybridized carbons (Fsp3) is 0.333. The number of carbonyl (C=O) groups is 2. The predicted molar refractivity (Wildman–Crippen MR) is 156 cm³/mol. The van der Waals surface area contributed by atoms with Crippen molar-refractivity contribution in [2.24, 2.45) is 0 Å². The normalized spacial score (nSPS) is 12.9. The van der Waals surface area contributed by atoms with E-state index in [9.17, 15) is 22.4 Å². The molecule has 2 amide bonds. The lowest BCUT2D eigenvalue weighted by Crippen LogP contribution is -2.52. The van der Waals surface area contributed by atoms with Crippen LogP contribution in [0.3, 0.4) is 0 Å². The number of nitrogens with one attached hydrogen (secondary N) is 1. The zero-order valence-electron chi connectivity index (χ0n) is 23.3. The quantitative estimate of drug-likeness (QED) is 0.315. The highest BCUT2D eigenvalue weighted by Gasteiger charge is 2.33. The second kappa shape index (κ2) is 13.3. The lowest BCUT2D eigenvalue weighted by Gasteiger charge is -2.33. The average Bonchev–Trinajstić information content (AvgIpc) is 2.92. The van der Waals surface area contributed by atoms with Gasteiger partial charge in [0.1, 0.15) is 18.4 Å². The highest BCUT2D eigenvalue weighted by molar-refractivity contribution is 7.92. The van der Waals surface area contributed by atoms with Crippen molar-refractivity contribution in [3.8, 4) is 0 Å². The topological polar surface area (TPSA) is 86.8 Å². The molecule has 0 aromatic heterocycles. The Bertz CT molecular complexity index is 1460. The van der Waals surface area contributed by atoms with Crippen molar-refractivity contribution in [1.29, 1.82) is 0 Å². The summed E-state index contributed by atoms with van der Waals surface area (Å²) in [5.74, 6) is -1.64. The van der Waals surface area contributed by atoms with Crippen LogP contribution < -0.4 is 9.62 Å². The van der Waals surface area contributed by atoms with Crippen molar-refractivity contribution in [2.45, 2.75) is 64.6 Å². The first-order valence-electron chi connectivity index (χ1n) is 13.0. The molecule has 0 spiro atoms. The molecule has 0 aliphatic rings. The minimum absolute atomic E-state index is 0.00603. The third kappa shape index (κ3) is 7.20. The van der Waals surface area contributed by atoms with Gasteiger partial charge in [0.2, 0.25) is 11.8 Å². The lowest BCUT2D eigenvalue weighted by molar-refractivity contribution is -0.139. The van der Waals surface area contributed by atoms with Gasteiger partial charge < -0.3 is 10.2 Å². The van der Waals surface area contributed by atoms with Gasteiger partial charge in [-0.2, -0.15) is 0 Å². The molecule has 1 N–H and O–H groups in total. The van der Waals surface area contributed by atoms with E-state index in [1.807, 2.05) is 20.8 Å². The molecule has 0 unspecified atom stereocenters. The number of halogens is 2. The van der Waals surface area contributed by atoms with E-state index in [1.54, 1.807) is 50.2 Å². The number of carbonyl (C=O) groups excluding carboxylic acids is 2. The number of hydrogen-bond acceptors (Lipinski definition) is 4. The summed E-state index contributed by atoms with van der Waals surface area (Å²) in [6.45, 7) is 7.94. The molecule has 10 heteroatoms. The van der Waals surface area contributed by atoms with Crippen molar-refractivity contribution >= 4 is 39.1 Å². The van der Waals surface area contributed by atoms with Crippen molar-refractivity contribution in [3.05, 3.63) is 94.3 Å². The van der Waals surface area contributed by atoms with Crippen LogP contribution in [0.1, 0.15) is 43.9 Å². The molecule has 40 heavy (non-hydrogen) atoms. The van der Waals surface area contributed by atoms with E-state index in [1.165, 1.54) is 35.2 Å². The molecule has 214 valence electrons. The van der Waals surface area contributed by atoms with Crippen molar-refractivity contribution in [1.82, 2.24) is 10.2 Å². The molecule has 0 aliphatic carbocycles. The van der Waals surface area contributed by atoms with Gasteiger partial charge in [-0.25, -0.2) is 12.8 Å². The summed E-state index contributed by atoms with van der Waals surface area (Å²) in [5, 5.41) is 3.18. The van der Waals surface area contributed by atoms with Gasteiger partial charge in [0.05, 0.1) is 10.6 Å². The van der Waals surface area contributed by atoms with Crippen molar-refractivity contribution < 1.29 is 22.4 Å². The molecule has 0 radical (unpaired) electrons. The first-order valence-corrected chi connectivity index (χ1v) is 14.9. The summed E-state index contributed by atoms with van der Waals surface area (Å²) < 4.78 is 43.5. The maximum atomic E-state index is 14.7. The second-order valence-electron chi connectivity index (χ2n) is 9.82. The zero-order chi connectivity index (χ0) is 29.6. The number of sulfonamides is 1. The van der Waals surface area contributed by atoms with Gasteiger partial charge in [0, 0.05) is 23.2 Å². The molecular formula is C30H35ClFN3O4S. The van der Waals surface area contributed by atoms with Crippen LogP contribution in [0.5, 0.6) is 0 Å². The van der Waals surface area contributed by atoms with E-state index < -0.39 is 40.2 Å². The molecule has 3 aromatic carbocycles. The Morgan fingerprint density at radius 2 is 1.62 bits per heavy atom. The Balaban J connectivity index is 2.08. The number of hydrogen-bond donors (Lipinski definition) is 1. The summed E-state index contributed by atoms with van der Waals surface area (Å²) in [4.78, 5) is 28.2. The Morgan fingerprint density at radius 1 is 0.975 bits per heavy atom. The predicted octanol–water partition coefficient (Wildman–Crippen LogP) is 5.62. The monoisotopic (exact) mass is 587 g/mol. The van der Waals surface area contributed by atoms with Gasteiger partial charge in [-0.15, -0.1) is 0 Å². The molecule has 3 aromatic rings. The Hall–Kier alpha value is -3.43. The number of amides is 2. The van der Waals surface area contributed by atoms with E-state index in [0.29, 0.717) is 17.0 Å². The van der Waals surface area contributed by atoms with Crippen molar-refractivity contribution in [2.75, 3.05) is 10.8 Å². The molecule has 0 saturated carbocycles. The summed E-state index contributed by atoms with van der Waals surface area (Å²) in [5.41, 5.74) is 1.77. The maximum absolute atomic E-state index is 14.7. The Kier molecular flexibility index (Phi) is 10.3. The molecule has 0 bridgehead atoms. The molecule has 0 saturated heterocycles. The van der Waals surface area contributed by atoms with Crippen molar-refractivity contribution in [3.63, 3.8) is 0 Å². The van der Waals surface area contributed by atoms with Crippen LogP contribution >= 0.6 is 11.6 Å². The van der Waals surface area contributed by atoms with E-state index >= 15 is 0 Å². The second-order valence-corrected chi connectivity index (χ2v) is 12.1. The van der Waals surface area contributed by atoms with E-state index in [0.717, 1.165) is 9.87 Å². The molecule has 0 aliphatic heterocycles. The Labute approximate surface area is 241 Å². The van der Waals surface area contributed by atoms with Crippen LogP contribution in [0.2, 0.25) is 5.02 Å². The van der Waals surface area contributed by atoms with Gasteiger partial charge in [-0.3, -0.25) is 13.9 Å². The molecule has 3 rings (SSSR count). The summed E-state index contributed by atoms with van der Waals surface area (Å²) in [7, 11) is -4.24. The SMILES string of the molecule is CC[C@H](C)NC(=O)[C@H](C)N(Cc1ccccc1F)C(=O)CN(c1cccc(Cl)c1C)S(=O)(=O)c1ccc(C)cc1. The third-order valence-corrected chi connectivity index (χ3v) is 9.05. The number of nitrogens with zero attached hydrogens (tertiary/aromatic N) is 2. The fourth-order valence-electron chi connectivity index (χ4n) is 4.08. The smallest absolute Gasteiger partial charge is 0.264 e. The first-order chi connectivity index (χ1) is 18.9. The zero-order valence-corrected chi connectivity index (χ0v) is 24.9. The van der Waals surface area contributed by atoms with E-state index in [4.69, 9.17) is 11.6 Å². The number of rotatable bonds is 11. The molecule has 2 atom stereocenters. The maximum Gasteiger partial charge on any atom is 0.264 e. The van der Waals surface area contributed by atoms with Gasteiger partial charge in [-0.1, -0.05) is 60.5 Å². The summed E-state index contributed by atoms with van der Waals surface area (Å²) in [6.07, 6.45) is 0.677. The van der Waals surface area contributed by atoms with E-state index in [-0.39, 0.29) is 28.7 Å². The minimum Gasteiger partial charge on any atom is -0.352 e. The Morgan fingerprint density at radius 3 is 2.25 bits per heavy atom. The van der Waals surface area contributed by atoms with Crippen LogP contribution in [-0.2, 0) is 26.2 Å². The third-order valence-electron chi connectivity index (χ3n) is 6.86. The summed E-state index contributed by atoms with van der Waals surface area (Å²) in [6, 6.07) is 15.9. The average molecular weight is 588 g/mol. The van der Waals surface area contributed by atoms with Gasteiger partial charge >= 0.3 is 0 Å². The largest absolute Gasteiger partial charge is 0.352 e. The van der Waals surface area contributed by atoms with Crippen LogP contribution in [0.4, 0.5) is 10.1 Å². The lowest BCUT2D eigenvalue weighted by atomic mass is 10.1. The van der Waals surface area contributed by atoms with Gasteiger partial charge in [0.15, 0.2) is 0 Å². The molecule has 0 fully saturated rings. The highest BCUT2D eigenvalue weighted by Crippen LogP contribution is 2.31. The van der Waals surface area contributed by atoms with Crippen LogP contribution in [0, 0.1) is 19.7 Å². The van der Waals surface area contributed by atoms with Crippen LogP contribution in [0.25, 0.3) is 0 Å². The fourth-order valence-corrected chi connectivity index (χ4v) is 5.72. The number of anilines is 1. The van der Waals surface area contributed by atoms with Crippen LogP contribution in [-0.4, -0.2) is 43.8 Å².